The number of aromatic nitrogens is 1. The Morgan fingerprint density at radius 2 is 1.91 bits per heavy atom. The second-order valence-corrected chi connectivity index (χ2v) is 7.33. The van der Waals surface area contributed by atoms with Gasteiger partial charge in [-0.2, -0.15) is 0 Å². The molecule has 1 saturated heterocycles. The van der Waals surface area contributed by atoms with E-state index in [9.17, 15) is 29.9 Å². The molecule has 1 aliphatic heterocycles. The number of anilines is 1. The van der Waals surface area contributed by atoms with Gasteiger partial charge in [-0.1, -0.05) is 29.8 Å². The molecule has 1 aliphatic rings. The van der Waals surface area contributed by atoms with Crippen molar-refractivity contribution in [3.63, 3.8) is 0 Å². The van der Waals surface area contributed by atoms with Gasteiger partial charge in [-0.3, -0.25) is 29.6 Å². The van der Waals surface area contributed by atoms with Crippen molar-refractivity contribution in [2.75, 3.05) is 4.90 Å². The maximum atomic E-state index is 13.0. The summed E-state index contributed by atoms with van der Waals surface area (Å²) in [4.78, 5) is 41.6. The van der Waals surface area contributed by atoms with E-state index in [0.29, 0.717) is 5.56 Å². The van der Waals surface area contributed by atoms with Gasteiger partial charge in [0.05, 0.1) is 22.2 Å². The van der Waals surface area contributed by atoms with Crippen molar-refractivity contribution in [1.82, 2.24) is 4.98 Å². The van der Waals surface area contributed by atoms with E-state index in [2.05, 4.69) is 4.98 Å². The molecule has 0 bridgehead atoms. The molecule has 0 radical (unpaired) electrons. The third kappa shape index (κ3) is 3.54. The molecular formula is C22H14ClN3O6. The quantitative estimate of drug-likeness (QED) is 0.201. The Bertz CT molecular complexity index is 1290. The number of carbonyl (C=O) groups is 2. The minimum Gasteiger partial charge on any atom is -0.507 e. The molecular weight excluding hydrogens is 438 g/mol. The maximum Gasteiger partial charge on any atom is 0.300 e. The van der Waals surface area contributed by atoms with Gasteiger partial charge in [0.2, 0.25) is 0 Å². The molecule has 160 valence electrons. The highest BCUT2D eigenvalue weighted by molar-refractivity contribution is 6.52. The number of nitro benzene ring substituents is 1. The number of ketones is 1. The standard InChI is InChI=1S/C22H14ClN3O6/c23-14-6-7-17(27)16(10-14)25-19(13-4-2-8-24-11-13)18(21(29)22(25)30)20(28)12-3-1-5-15(9-12)26(31)32/h1-11,19,27-28H/b20-18-. The molecule has 2 aromatic carbocycles. The van der Waals surface area contributed by atoms with Gasteiger partial charge >= 0.3 is 0 Å². The molecule has 1 fully saturated rings. The second-order valence-electron chi connectivity index (χ2n) is 6.90. The van der Waals surface area contributed by atoms with E-state index >= 15 is 0 Å². The Labute approximate surface area is 186 Å². The number of aliphatic hydroxyl groups is 1. The number of aromatic hydroxyl groups is 1. The fourth-order valence-electron chi connectivity index (χ4n) is 3.55. The van der Waals surface area contributed by atoms with E-state index in [1.54, 1.807) is 12.1 Å². The lowest BCUT2D eigenvalue weighted by Crippen LogP contribution is -2.29. The van der Waals surface area contributed by atoms with E-state index in [0.717, 1.165) is 11.0 Å². The number of halogens is 1. The summed E-state index contributed by atoms with van der Waals surface area (Å²) in [7, 11) is 0. The van der Waals surface area contributed by atoms with Crippen LogP contribution in [0.25, 0.3) is 5.76 Å². The molecule has 3 aromatic rings. The summed E-state index contributed by atoms with van der Waals surface area (Å²) in [5, 5.41) is 32.7. The first-order valence-corrected chi connectivity index (χ1v) is 9.61. The predicted molar refractivity (Wildman–Crippen MR) is 115 cm³/mol. The smallest absolute Gasteiger partial charge is 0.300 e. The van der Waals surface area contributed by atoms with Crippen LogP contribution in [-0.4, -0.2) is 31.8 Å². The zero-order valence-electron chi connectivity index (χ0n) is 16.2. The minimum absolute atomic E-state index is 0.0126. The number of rotatable bonds is 4. The van der Waals surface area contributed by atoms with Crippen LogP contribution in [0, 0.1) is 10.1 Å². The lowest BCUT2D eigenvalue weighted by atomic mass is 9.96. The van der Waals surface area contributed by atoms with Gasteiger partial charge < -0.3 is 10.2 Å². The lowest BCUT2D eigenvalue weighted by molar-refractivity contribution is -0.384. The molecule has 2 heterocycles. The fraction of sp³-hybridized carbons (Fsp3) is 0.0455. The van der Waals surface area contributed by atoms with E-state index in [1.807, 2.05) is 0 Å². The van der Waals surface area contributed by atoms with Crippen LogP contribution in [0.5, 0.6) is 5.75 Å². The van der Waals surface area contributed by atoms with Crippen LogP contribution in [0.1, 0.15) is 17.2 Å². The third-order valence-corrected chi connectivity index (χ3v) is 5.21. The average Bonchev–Trinajstić information content (AvgIpc) is 3.06. The number of nitrogens with zero attached hydrogens (tertiary/aromatic N) is 3. The van der Waals surface area contributed by atoms with Crippen molar-refractivity contribution >= 4 is 40.4 Å². The van der Waals surface area contributed by atoms with Crippen molar-refractivity contribution in [1.29, 1.82) is 0 Å². The number of hydrogen-bond donors (Lipinski definition) is 2. The number of benzene rings is 2. The van der Waals surface area contributed by atoms with Gasteiger partial charge in [-0.05, 0) is 29.8 Å². The Kier molecular flexibility index (Phi) is 5.33. The van der Waals surface area contributed by atoms with E-state index < -0.39 is 28.4 Å². The van der Waals surface area contributed by atoms with Crippen LogP contribution in [0.15, 0.2) is 72.6 Å². The van der Waals surface area contributed by atoms with Crippen molar-refractivity contribution in [3.05, 3.63) is 98.8 Å². The summed E-state index contributed by atoms with van der Waals surface area (Å²) in [5.41, 5.74) is -0.275. The summed E-state index contributed by atoms with van der Waals surface area (Å²) < 4.78 is 0. The number of pyridine rings is 1. The Morgan fingerprint density at radius 3 is 2.59 bits per heavy atom. The molecule has 4 rings (SSSR count). The van der Waals surface area contributed by atoms with Gasteiger partial charge in [0.15, 0.2) is 0 Å². The number of non-ortho nitro benzene ring substituents is 1. The van der Waals surface area contributed by atoms with Crippen LogP contribution >= 0.6 is 11.6 Å². The van der Waals surface area contributed by atoms with Crippen LogP contribution in [0.4, 0.5) is 11.4 Å². The summed E-state index contributed by atoms with van der Waals surface area (Å²) in [6, 6.07) is 11.1. The number of aliphatic hydroxyl groups excluding tert-OH is 1. The molecule has 10 heteroatoms. The van der Waals surface area contributed by atoms with Crippen molar-refractivity contribution < 1.29 is 24.7 Å². The van der Waals surface area contributed by atoms with Crippen LogP contribution in [-0.2, 0) is 9.59 Å². The van der Waals surface area contributed by atoms with Crippen LogP contribution < -0.4 is 4.90 Å². The first-order chi connectivity index (χ1) is 15.3. The fourth-order valence-corrected chi connectivity index (χ4v) is 3.71. The molecule has 9 nitrogen and oxygen atoms in total. The number of hydrogen-bond acceptors (Lipinski definition) is 7. The largest absolute Gasteiger partial charge is 0.507 e. The normalized spacial score (nSPS) is 17.5. The lowest BCUT2D eigenvalue weighted by Gasteiger charge is -2.25. The number of carbonyl (C=O) groups excluding carboxylic acids is 2. The van der Waals surface area contributed by atoms with Crippen LogP contribution in [0.2, 0.25) is 5.02 Å². The van der Waals surface area contributed by atoms with E-state index in [4.69, 9.17) is 11.6 Å². The number of amides is 1. The molecule has 0 saturated carbocycles. The highest BCUT2D eigenvalue weighted by Gasteiger charge is 2.48. The zero-order valence-corrected chi connectivity index (χ0v) is 16.9. The Balaban J connectivity index is 1.97. The molecule has 1 amide bonds. The maximum absolute atomic E-state index is 13.0. The van der Waals surface area contributed by atoms with Crippen LogP contribution in [0.3, 0.4) is 0 Å². The monoisotopic (exact) mass is 451 g/mol. The molecule has 0 aliphatic carbocycles. The highest BCUT2D eigenvalue weighted by Crippen LogP contribution is 2.45. The topological polar surface area (TPSA) is 134 Å². The molecule has 1 atom stereocenters. The molecule has 32 heavy (non-hydrogen) atoms. The number of phenolic OH excluding ortho intramolecular Hbond substituents is 1. The van der Waals surface area contributed by atoms with Gasteiger partial charge in [0.25, 0.3) is 17.4 Å². The molecule has 2 N–H and O–H groups in total. The van der Waals surface area contributed by atoms with Gasteiger partial charge in [-0.25, -0.2) is 0 Å². The summed E-state index contributed by atoms with van der Waals surface area (Å²) in [6.07, 6.45) is 2.90. The predicted octanol–water partition coefficient (Wildman–Crippen LogP) is 3.98. The molecule has 1 aromatic heterocycles. The summed E-state index contributed by atoms with van der Waals surface area (Å²) >= 11 is 6.04. The number of phenols is 1. The molecule has 1 unspecified atom stereocenters. The van der Waals surface area contributed by atoms with Crippen molar-refractivity contribution in [2.24, 2.45) is 0 Å². The minimum atomic E-state index is -1.16. The number of Topliss-reactive ketones (excluding diaryl/α,β-unsaturated/α-hetero) is 1. The first kappa shape index (κ1) is 21.0. The third-order valence-electron chi connectivity index (χ3n) is 4.97. The summed E-state index contributed by atoms with van der Waals surface area (Å²) in [5.74, 6) is -2.93. The van der Waals surface area contributed by atoms with Crippen molar-refractivity contribution in [3.8, 4) is 5.75 Å². The zero-order chi connectivity index (χ0) is 23.0. The molecule has 0 spiro atoms. The first-order valence-electron chi connectivity index (χ1n) is 9.24. The van der Waals surface area contributed by atoms with Gasteiger partial charge in [0, 0.05) is 35.1 Å². The number of nitro groups is 1. The van der Waals surface area contributed by atoms with E-state index in [1.165, 1.54) is 48.8 Å². The van der Waals surface area contributed by atoms with Crippen molar-refractivity contribution in [2.45, 2.75) is 6.04 Å². The Morgan fingerprint density at radius 1 is 1.12 bits per heavy atom. The van der Waals surface area contributed by atoms with E-state index in [-0.39, 0.29) is 33.3 Å². The van der Waals surface area contributed by atoms with Gasteiger partial charge in [0.1, 0.15) is 11.5 Å². The van der Waals surface area contributed by atoms with Gasteiger partial charge in [-0.15, -0.1) is 0 Å². The summed E-state index contributed by atoms with van der Waals surface area (Å²) in [6.45, 7) is 0. The SMILES string of the molecule is O=C1C(=O)N(c2cc(Cl)ccc2O)C(c2cccnc2)/C1=C(/O)c1cccc([N+](=O)[O-])c1. The highest BCUT2D eigenvalue weighted by atomic mass is 35.5. The Hall–Kier alpha value is -4.24. The average molecular weight is 452 g/mol. The second kappa shape index (κ2) is 8.12.